The van der Waals surface area contributed by atoms with E-state index in [0.29, 0.717) is 19.7 Å². The standard InChI is InChI=1S/C13H7Br2ClFNO/c14-8-2-1-3-10(17)12(8)13(19)18-11-5-4-7(16)6-9(11)15/h1-6H,(H,18,19). The summed E-state index contributed by atoms with van der Waals surface area (Å²) < 4.78 is 14.7. The van der Waals surface area contributed by atoms with Crippen LogP contribution < -0.4 is 5.32 Å². The molecule has 0 atom stereocenters. The molecule has 0 fully saturated rings. The van der Waals surface area contributed by atoms with Gasteiger partial charge in [0.05, 0.1) is 11.3 Å². The number of amides is 1. The molecule has 0 heterocycles. The molecular weight excluding hydrogens is 400 g/mol. The number of hydrogen-bond acceptors (Lipinski definition) is 1. The van der Waals surface area contributed by atoms with Crippen LogP contribution in [-0.4, -0.2) is 5.91 Å². The molecule has 0 aliphatic heterocycles. The molecule has 0 saturated heterocycles. The summed E-state index contributed by atoms with van der Waals surface area (Å²) in [6.45, 7) is 0. The molecule has 0 radical (unpaired) electrons. The number of nitrogens with one attached hydrogen (secondary N) is 1. The molecule has 2 rings (SSSR count). The predicted molar refractivity (Wildman–Crippen MR) is 81.2 cm³/mol. The van der Waals surface area contributed by atoms with Crippen molar-refractivity contribution in [2.24, 2.45) is 0 Å². The second kappa shape index (κ2) is 6.03. The first-order valence-corrected chi connectivity index (χ1v) is 7.16. The summed E-state index contributed by atoms with van der Waals surface area (Å²) in [6, 6.07) is 9.28. The van der Waals surface area contributed by atoms with Crippen LogP contribution >= 0.6 is 43.5 Å². The van der Waals surface area contributed by atoms with Crippen molar-refractivity contribution in [2.45, 2.75) is 0 Å². The summed E-state index contributed by atoms with van der Waals surface area (Å²) in [6.07, 6.45) is 0. The third-order valence-corrected chi connectivity index (χ3v) is 3.92. The highest BCUT2D eigenvalue weighted by molar-refractivity contribution is 9.11. The Kier molecular flexibility index (Phi) is 4.60. The maximum atomic E-state index is 13.6. The first-order valence-electron chi connectivity index (χ1n) is 5.19. The van der Waals surface area contributed by atoms with Crippen molar-refractivity contribution in [1.29, 1.82) is 0 Å². The number of carbonyl (C=O) groups excluding carboxylic acids is 1. The minimum absolute atomic E-state index is 0.0376. The maximum Gasteiger partial charge on any atom is 0.259 e. The Bertz CT molecular complexity index is 628. The van der Waals surface area contributed by atoms with Crippen molar-refractivity contribution in [3.8, 4) is 0 Å². The van der Waals surface area contributed by atoms with Crippen LogP contribution in [0.1, 0.15) is 10.4 Å². The molecule has 1 amide bonds. The summed E-state index contributed by atoms with van der Waals surface area (Å²) in [5.41, 5.74) is 0.480. The lowest BCUT2D eigenvalue weighted by atomic mass is 10.2. The molecule has 0 aromatic heterocycles. The van der Waals surface area contributed by atoms with Crippen molar-refractivity contribution >= 4 is 55.1 Å². The summed E-state index contributed by atoms with van der Waals surface area (Å²) in [7, 11) is 0. The fourth-order valence-corrected chi connectivity index (χ4v) is 2.79. The van der Waals surface area contributed by atoms with Gasteiger partial charge in [0, 0.05) is 14.0 Å². The Balaban J connectivity index is 2.31. The van der Waals surface area contributed by atoms with Gasteiger partial charge in [-0.15, -0.1) is 0 Å². The fourth-order valence-electron chi connectivity index (χ4n) is 1.49. The van der Waals surface area contributed by atoms with Crippen LogP contribution in [0, 0.1) is 5.82 Å². The molecule has 98 valence electrons. The molecular formula is C13H7Br2ClFNO. The highest BCUT2D eigenvalue weighted by Gasteiger charge is 2.16. The monoisotopic (exact) mass is 405 g/mol. The van der Waals surface area contributed by atoms with Gasteiger partial charge < -0.3 is 5.32 Å². The van der Waals surface area contributed by atoms with Gasteiger partial charge in [-0.2, -0.15) is 0 Å². The number of rotatable bonds is 2. The zero-order chi connectivity index (χ0) is 14.0. The summed E-state index contributed by atoms with van der Waals surface area (Å²) in [5.74, 6) is -1.12. The van der Waals surface area contributed by atoms with Crippen LogP contribution in [0.25, 0.3) is 0 Å². The van der Waals surface area contributed by atoms with Gasteiger partial charge >= 0.3 is 0 Å². The average Bonchev–Trinajstić information content (AvgIpc) is 2.32. The van der Waals surface area contributed by atoms with E-state index in [4.69, 9.17) is 11.6 Å². The van der Waals surface area contributed by atoms with Crippen LogP contribution in [0.15, 0.2) is 45.3 Å². The highest BCUT2D eigenvalue weighted by atomic mass is 79.9. The van der Waals surface area contributed by atoms with Crippen LogP contribution in [-0.2, 0) is 0 Å². The molecule has 2 nitrogen and oxygen atoms in total. The van der Waals surface area contributed by atoms with Crippen LogP contribution in [0.3, 0.4) is 0 Å². The molecule has 0 aliphatic carbocycles. The first kappa shape index (κ1) is 14.5. The van der Waals surface area contributed by atoms with E-state index in [1.54, 1.807) is 24.3 Å². The number of benzene rings is 2. The van der Waals surface area contributed by atoms with Gasteiger partial charge in [0.1, 0.15) is 5.82 Å². The molecule has 0 bridgehead atoms. The van der Waals surface area contributed by atoms with Crippen molar-refractivity contribution in [3.63, 3.8) is 0 Å². The molecule has 1 N–H and O–H groups in total. The van der Waals surface area contributed by atoms with Crippen molar-refractivity contribution in [3.05, 3.63) is 61.7 Å². The molecule has 2 aromatic rings. The normalized spacial score (nSPS) is 10.3. The van der Waals surface area contributed by atoms with Crippen molar-refractivity contribution in [1.82, 2.24) is 0 Å². The molecule has 6 heteroatoms. The van der Waals surface area contributed by atoms with E-state index in [-0.39, 0.29) is 5.56 Å². The number of hydrogen-bond donors (Lipinski definition) is 1. The van der Waals surface area contributed by atoms with E-state index in [2.05, 4.69) is 37.2 Å². The summed E-state index contributed by atoms with van der Waals surface area (Å²) in [4.78, 5) is 12.1. The lowest BCUT2D eigenvalue weighted by Gasteiger charge is -2.09. The van der Waals surface area contributed by atoms with Gasteiger partial charge in [0.2, 0.25) is 0 Å². The zero-order valence-electron chi connectivity index (χ0n) is 9.38. The van der Waals surface area contributed by atoms with Gasteiger partial charge in [0.15, 0.2) is 0 Å². The second-order valence-electron chi connectivity index (χ2n) is 3.67. The van der Waals surface area contributed by atoms with Crippen LogP contribution in [0.2, 0.25) is 5.02 Å². The third kappa shape index (κ3) is 3.35. The van der Waals surface area contributed by atoms with E-state index in [9.17, 15) is 9.18 Å². The lowest BCUT2D eigenvalue weighted by molar-refractivity contribution is 0.102. The maximum absolute atomic E-state index is 13.6. The van der Waals surface area contributed by atoms with E-state index in [1.807, 2.05) is 0 Å². The molecule has 0 unspecified atom stereocenters. The van der Waals surface area contributed by atoms with E-state index < -0.39 is 11.7 Å². The topological polar surface area (TPSA) is 29.1 Å². The minimum atomic E-state index is -0.586. The number of halogens is 4. The van der Waals surface area contributed by atoms with Gasteiger partial charge in [-0.3, -0.25) is 4.79 Å². The van der Waals surface area contributed by atoms with Gasteiger partial charge in [-0.25, -0.2) is 4.39 Å². The smallest absolute Gasteiger partial charge is 0.259 e. The first-order chi connectivity index (χ1) is 8.99. The molecule has 19 heavy (non-hydrogen) atoms. The molecule has 0 spiro atoms. The third-order valence-electron chi connectivity index (χ3n) is 2.37. The van der Waals surface area contributed by atoms with Gasteiger partial charge in [-0.1, -0.05) is 17.7 Å². The summed E-state index contributed by atoms with van der Waals surface area (Å²) >= 11 is 12.2. The van der Waals surface area contributed by atoms with Gasteiger partial charge in [0.25, 0.3) is 5.91 Å². The second-order valence-corrected chi connectivity index (χ2v) is 5.82. The Labute approximate surface area is 131 Å². The Morgan fingerprint density at radius 1 is 1.16 bits per heavy atom. The lowest BCUT2D eigenvalue weighted by Crippen LogP contribution is -2.14. The fraction of sp³-hybridized carbons (Fsp3) is 0. The highest BCUT2D eigenvalue weighted by Crippen LogP contribution is 2.27. The molecule has 0 saturated carbocycles. The van der Waals surface area contributed by atoms with Crippen LogP contribution in [0.5, 0.6) is 0 Å². The predicted octanol–water partition coefficient (Wildman–Crippen LogP) is 5.26. The van der Waals surface area contributed by atoms with Gasteiger partial charge in [-0.05, 0) is 62.2 Å². The summed E-state index contributed by atoms with van der Waals surface area (Å²) in [5, 5.41) is 3.16. The van der Waals surface area contributed by atoms with Crippen LogP contribution in [0.4, 0.5) is 10.1 Å². The van der Waals surface area contributed by atoms with E-state index in [0.717, 1.165) is 0 Å². The van der Waals surface area contributed by atoms with E-state index >= 15 is 0 Å². The Morgan fingerprint density at radius 3 is 2.53 bits per heavy atom. The number of anilines is 1. The van der Waals surface area contributed by atoms with E-state index in [1.165, 1.54) is 12.1 Å². The largest absolute Gasteiger partial charge is 0.321 e. The molecule has 2 aromatic carbocycles. The van der Waals surface area contributed by atoms with Crippen molar-refractivity contribution in [2.75, 3.05) is 5.32 Å². The Hall–Kier alpha value is -0.910. The zero-order valence-corrected chi connectivity index (χ0v) is 13.3. The SMILES string of the molecule is O=C(Nc1ccc(Cl)cc1Br)c1c(F)cccc1Br. The van der Waals surface area contributed by atoms with Crippen molar-refractivity contribution < 1.29 is 9.18 Å². The molecule has 0 aliphatic rings. The Morgan fingerprint density at radius 2 is 1.89 bits per heavy atom. The minimum Gasteiger partial charge on any atom is -0.321 e. The quantitative estimate of drug-likeness (QED) is 0.723. The average molecular weight is 407 g/mol. The number of carbonyl (C=O) groups is 1.